The van der Waals surface area contributed by atoms with E-state index in [9.17, 15) is 9.59 Å². The zero-order valence-electron chi connectivity index (χ0n) is 15.9. The number of thiazole rings is 2. The van der Waals surface area contributed by atoms with Crippen LogP contribution in [0.2, 0.25) is 10.0 Å². The minimum Gasteiger partial charge on any atom is -0.322 e. The topological polar surface area (TPSA) is 84.0 Å². The minimum atomic E-state index is -0.335. The highest BCUT2D eigenvalue weighted by Gasteiger charge is 2.18. The third-order valence-electron chi connectivity index (χ3n) is 4.12. The highest BCUT2D eigenvalue weighted by Crippen LogP contribution is 2.34. The molecule has 0 unspecified atom stereocenters. The van der Waals surface area contributed by atoms with E-state index in [-0.39, 0.29) is 17.1 Å². The quantitative estimate of drug-likeness (QED) is 0.293. The molecule has 31 heavy (non-hydrogen) atoms. The molecule has 0 aliphatic heterocycles. The van der Waals surface area contributed by atoms with E-state index in [1.165, 1.54) is 40.5 Å². The average molecular weight is 509 g/mol. The molecule has 2 amide bonds. The van der Waals surface area contributed by atoms with Crippen LogP contribution in [-0.2, 0) is 4.79 Å². The first-order valence-electron chi connectivity index (χ1n) is 8.93. The molecule has 0 bridgehead atoms. The number of fused-ring (bicyclic) bond motifs is 1. The summed E-state index contributed by atoms with van der Waals surface area (Å²) in [7, 11) is 0. The second-order valence-corrected chi connectivity index (χ2v) is 10.7. The summed E-state index contributed by atoms with van der Waals surface area (Å²) in [5.74, 6) is -0.418. The van der Waals surface area contributed by atoms with E-state index < -0.39 is 0 Å². The van der Waals surface area contributed by atoms with Crippen LogP contribution in [0, 0.1) is 0 Å². The normalized spacial score (nSPS) is 12.0. The van der Waals surface area contributed by atoms with Crippen molar-refractivity contribution in [3.8, 4) is 0 Å². The molecule has 6 nitrogen and oxygen atoms in total. The molecule has 2 heterocycles. The largest absolute Gasteiger partial charge is 0.322 e. The highest BCUT2D eigenvalue weighted by atomic mass is 35.5. The summed E-state index contributed by atoms with van der Waals surface area (Å²) in [5, 5.41) is 8.40. The van der Waals surface area contributed by atoms with Crippen molar-refractivity contribution >= 4 is 90.5 Å². The lowest BCUT2D eigenvalue weighted by Crippen LogP contribution is -2.22. The maximum absolute atomic E-state index is 12.5. The first-order valence-corrected chi connectivity index (χ1v) is 12.3. The summed E-state index contributed by atoms with van der Waals surface area (Å²) in [6.45, 7) is 1.82. The van der Waals surface area contributed by atoms with Gasteiger partial charge in [0.05, 0.1) is 25.5 Å². The number of halogens is 2. The molecule has 2 N–H and O–H groups in total. The number of amides is 2. The van der Waals surface area contributed by atoms with Crippen LogP contribution in [0.3, 0.4) is 0 Å². The van der Waals surface area contributed by atoms with Gasteiger partial charge in [-0.1, -0.05) is 35.0 Å². The predicted molar refractivity (Wildman–Crippen MR) is 130 cm³/mol. The third-order valence-corrected chi connectivity index (χ3v) is 7.76. The number of carbonyl (C=O) groups excluding carboxylic acids is 2. The lowest BCUT2D eigenvalue weighted by molar-refractivity contribution is -0.115. The SMILES string of the molecule is C[C@@H](Sc1nc2ccc(NC(=O)c3ccc(Cl)c(Cl)c3)cc2s1)C(=O)Nc1nccs1. The fourth-order valence-corrected chi connectivity index (χ4v) is 5.65. The average Bonchev–Trinajstić information content (AvgIpc) is 3.38. The van der Waals surface area contributed by atoms with Crippen LogP contribution in [0.25, 0.3) is 10.2 Å². The fourth-order valence-electron chi connectivity index (χ4n) is 2.57. The number of aromatic nitrogens is 2. The van der Waals surface area contributed by atoms with Crippen LogP contribution in [0.1, 0.15) is 17.3 Å². The Hall–Kier alpha value is -2.17. The number of nitrogens with zero attached hydrogens (tertiary/aromatic N) is 2. The van der Waals surface area contributed by atoms with Crippen LogP contribution in [0.5, 0.6) is 0 Å². The first kappa shape index (κ1) is 22.0. The standard InChI is InChI=1S/C20H14Cl2N4O2S3/c1-10(17(27)26-19-23-6-7-29-19)30-20-25-15-5-3-12(9-16(15)31-20)24-18(28)11-2-4-13(21)14(22)8-11/h2-10H,1H3,(H,24,28)(H,23,26,27)/t10-/m1/s1. The summed E-state index contributed by atoms with van der Waals surface area (Å²) >= 11 is 16.1. The van der Waals surface area contributed by atoms with Crippen LogP contribution >= 0.6 is 57.6 Å². The van der Waals surface area contributed by atoms with Gasteiger partial charge in [-0.15, -0.1) is 22.7 Å². The molecule has 4 aromatic rings. The molecule has 4 rings (SSSR count). The Morgan fingerprint density at radius 2 is 1.94 bits per heavy atom. The zero-order chi connectivity index (χ0) is 22.0. The van der Waals surface area contributed by atoms with Crippen LogP contribution in [-0.4, -0.2) is 27.0 Å². The van der Waals surface area contributed by atoms with Crippen molar-refractivity contribution in [1.82, 2.24) is 9.97 Å². The molecule has 0 fully saturated rings. The van der Waals surface area contributed by atoms with Crippen molar-refractivity contribution in [3.63, 3.8) is 0 Å². The maximum atomic E-state index is 12.5. The number of hydrogen-bond acceptors (Lipinski definition) is 7. The highest BCUT2D eigenvalue weighted by molar-refractivity contribution is 8.02. The second-order valence-electron chi connectivity index (χ2n) is 6.33. The van der Waals surface area contributed by atoms with Crippen LogP contribution < -0.4 is 10.6 Å². The Morgan fingerprint density at radius 1 is 1.10 bits per heavy atom. The molecule has 2 aromatic carbocycles. The molecular formula is C20H14Cl2N4O2S3. The Kier molecular flexibility index (Phi) is 6.78. The van der Waals surface area contributed by atoms with Gasteiger partial charge < -0.3 is 10.6 Å². The summed E-state index contributed by atoms with van der Waals surface area (Å²) in [6, 6.07) is 10.2. The number of nitrogens with one attached hydrogen (secondary N) is 2. The molecular weight excluding hydrogens is 495 g/mol. The molecule has 11 heteroatoms. The van der Waals surface area contributed by atoms with Gasteiger partial charge in [-0.25, -0.2) is 9.97 Å². The van der Waals surface area contributed by atoms with E-state index in [1.54, 1.807) is 29.8 Å². The lowest BCUT2D eigenvalue weighted by Gasteiger charge is -2.07. The van der Waals surface area contributed by atoms with E-state index in [0.29, 0.717) is 26.4 Å². The van der Waals surface area contributed by atoms with Gasteiger partial charge in [0.15, 0.2) is 9.47 Å². The smallest absolute Gasteiger partial charge is 0.255 e. The second kappa shape index (κ2) is 9.54. The minimum absolute atomic E-state index is 0.131. The Bertz CT molecular complexity index is 1260. The van der Waals surface area contributed by atoms with Gasteiger partial charge in [0, 0.05) is 22.8 Å². The zero-order valence-corrected chi connectivity index (χ0v) is 19.8. The van der Waals surface area contributed by atoms with Gasteiger partial charge in [0.1, 0.15) is 0 Å². The number of hydrogen-bond donors (Lipinski definition) is 2. The molecule has 158 valence electrons. The summed E-state index contributed by atoms with van der Waals surface area (Å²) < 4.78 is 1.67. The van der Waals surface area contributed by atoms with E-state index in [2.05, 4.69) is 20.6 Å². The van der Waals surface area contributed by atoms with Crippen molar-refractivity contribution in [2.45, 2.75) is 16.5 Å². The van der Waals surface area contributed by atoms with Gasteiger partial charge in [0.25, 0.3) is 5.91 Å². The number of carbonyl (C=O) groups is 2. The van der Waals surface area contributed by atoms with E-state index in [0.717, 1.165) is 14.6 Å². The molecule has 0 radical (unpaired) electrons. The summed E-state index contributed by atoms with van der Waals surface area (Å²) in [4.78, 5) is 33.5. The Labute approximate surface area is 200 Å². The van der Waals surface area contributed by atoms with Crippen molar-refractivity contribution in [2.75, 3.05) is 10.6 Å². The molecule has 2 aromatic heterocycles. The van der Waals surface area contributed by atoms with Gasteiger partial charge in [-0.05, 0) is 43.3 Å². The van der Waals surface area contributed by atoms with Crippen LogP contribution in [0.15, 0.2) is 52.3 Å². The molecule has 0 aliphatic rings. The van der Waals surface area contributed by atoms with Crippen molar-refractivity contribution < 1.29 is 9.59 Å². The summed E-state index contributed by atoms with van der Waals surface area (Å²) in [5.41, 5.74) is 1.85. The van der Waals surface area contributed by atoms with E-state index in [1.807, 2.05) is 19.1 Å². The van der Waals surface area contributed by atoms with Gasteiger partial charge in [0.2, 0.25) is 5.91 Å². The maximum Gasteiger partial charge on any atom is 0.255 e. The van der Waals surface area contributed by atoms with Gasteiger partial charge in [-0.3, -0.25) is 9.59 Å². The monoisotopic (exact) mass is 508 g/mol. The van der Waals surface area contributed by atoms with Crippen LogP contribution in [0.4, 0.5) is 10.8 Å². The lowest BCUT2D eigenvalue weighted by atomic mass is 10.2. The predicted octanol–water partition coefficient (Wildman–Crippen LogP) is 6.43. The van der Waals surface area contributed by atoms with Crippen molar-refractivity contribution in [1.29, 1.82) is 0 Å². The fraction of sp³-hybridized carbons (Fsp3) is 0.100. The van der Waals surface area contributed by atoms with Gasteiger partial charge in [-0.2, -0.15) is 0 Å². The summed E-state index contributed by atoms with van der Waals surface area (Å²) in [6.07, 6.45) is 1.64. The number of benzene rings is 2. The Balaban J connectivity index is 1.44. The number of rotatable bonds is 6. The number of anilines is 2. The molecule has 0 saturated heterocycles. The molecule has 0 spiro atoms. The molecule has 1 atom stereocenters. The molecule has 0 saturated carbocycles. The van der Waals surface area contributed by atoms with Gasteiger partial charge >= 0.3 is 0 Å². The van der Waals surface area contributed by atoms with E-state index >= 15 is 0 Å². The van der Waals surface area contributed by atoms with Crippen molar-refractivity contribution in [2.24, 2.45) is 0 Å². The van der Waals surface area contributed by atoms with E-state index in [4.69, 9.17) is 23.2 Å². The van der Waals surface area contributed by atoms with Crippen molar-refractivity contribution in [3.05, 3.63) is 63.6 Å². The first-order chi connectivity index (χ1) is 14.9. The molecule has 0 aliphatic carbocycles. The third kappa shape index (κ3) is 5.36. The number of thioether (sulfide) groups is 1. The Morgan fingerprint density at radius 3 is 2.68 bits per heavy atom.